The van der Waals surface area contributed by atoms with Crippen LogP contribution in [-0.4, -0.2) is 6.04 Å². The fraction of sp³-hybridized carbons (Fsp3) is 0.200. The van der Waals surface area contributed by atoms with Crippen LogP contribution in [0, 0.1) is 0 Å². The molecule has 0 fully saturated rings. The van der Waals surface area contributed by atoms with Crippen LogP contribution in [-0.2, 0) is 12.8 Å². The predicted molar refractivity (Wildman–Crippen MR) is 75.6 cm³/mol. The molecular weight excluding hydrogens is 246 g/mol. The van der Waals surface area contributed by atoms with Gasteiger partial charge in [-0.3, -0.25) is 0 Å². The summed E-state index contributed by atoms with van der Waals surface area (Å²) in [5, 5.41) is 0. The summed E-state index contributed by atoms with van der Waals surface area (Å²) in [6, 6.07) is 16.4. The van der Waals surface area contributed by atoms with Crippen LogP contribution in [0.4, 0.5) is 0 Å². The number of hydrogen-bond acceptors (Lipinski definition) is 2. The Morgan fingerprint density at radius 3 is 2.39 bits per heavy atom. The van der Waals surface area contributed by atoms with Gasteiger partial charge in [-0.1, -0.05) is 24.3 Å². The van der Waals surface area contributed by atoms with E-state index in [1.165, 1.54) is 11.1 Å². The number of rotatable bonds is 2. The Bertz CT molecular complexity index is 527. The molecular formula is C15H16ClNO. The summed E-state index contributed by atoms with van der Waals surface area (Å²) in [6.45, 7) is 0. The van der Waals surface area contributed by atoms with E-state index < -0.39 is 0 Å². The van der Waals surface area contributed by atoms with Gasteiger partial charge in [-0.05, 0) is 48.2 Å². The minimum atomic E-state index is 0. The van der Waals surface area contributed by atoms with Crippen molar-refractivity contribution < 1.29 is 4.74 Å². The second kappa shape index (κ2) is 5.42. The van der Waals surface area contributed by atoms with Crippen molar-refractivity contribution in [1.82, 2.24) is 0 Å². The maximum Gasteiger partial charge on any atom is 0.127 e. The van der Waals surface area contributed by atoms with E-state index in [0.29, 0.717) is 0 Å². The molecule has 0 saturated heterocycles. The summed E-state index contributed by atoms with van der Waals surface area (Å²) in [4.78, 5) is 0. The maximum absolute atomic E-state index is 5.95. The standard InChI is InChI=1S/C15H15NO.ClH/c16-13-8-11-6-7-15(10-12(11)9-13)17-14-4-2-1-3-5-14;/h1-7,10,13H,8-9,16H2;1H. The second-order valence-electron chi connectivity index (χ2n) is 4.51. The summed E-state index contributed by atoms with van der Waals surface area (Å²) in [6.07, 6.45) is 1.95. The molecule has 0 radical (unpaired) electrons. The van der Waals surface area contributed by atoms with Crippen molar-refractivity contribution in [2.45, 2.75) is 18.9 Å². The molecule has 2 N–H and O–H groups in total. The summed E-state index contributed by atoms with van der Waals surface area (Å²) in [5.74, 6) is 1.76. The highest BCUT2D eigenvalue weighted by atomic mass is 35.5. The van der Waals surface area contributed by atoms with Crippen molar-refractivity contribution in [3.63, 3.8) is 0 Å². The molecule has 18 heavy (non-hydrogen) atoms. The van der Waals surface area contributed by atoms with E-state index in [1.807, 2.05) is 36.4 Å². The SMILES string of the molecule is Cl.NC1Cc2ccc(Oc3ccccc3)cc2C1. The van der Waals surface area contributed by atoms with E-state index in [4.69, 9.17) is 10.5 Å². The lowest BCUT2D eigenvalue weighted by Gasteiger charge is -2.07. The molecule has 1 aliphatic carbocycles. The van der Waals surface area contributed by atoms with Crippen molar-refractivity contribution in [2.75, 3.05) is 0 Å². The molecule has 1 aliphatic rings. The van der Waals surface area contributed by atoms with Crippen LogP contribution in [0.25, 0.3) is 0 Å². The average Bonchev–Trinajstić information content (AvgIpc) is 2.70. The minimum Gasteiger partial charge on any atom is -0.457 e. The number of benzene rings is 2. The fourth-order valence-corrected chi connectivity index (χ4v) is 2.32. The minimum absolute atomic E-state index is 0. The number of nitrogens with two attached hydrogens (primary N) is 1. The van der Waals surface area contributed by atoms with Gasteiger partial charge < -0.3 is 10.5 Å². The highest BCUT2D eigenvalue weighted by molar-refractivity contribution is 5.85. The maximum atomic E-state index is 5.95. The lowest BCUT2D eigenvalue weighted by Crippen LogP contribution is -2.18. The topological polar surface area (TPSA) is 35.2 Å². The van der Waals surface area contributed by atoms with Crippen LogP contribution in [0.1, 0.15) is 11.1 Å². The monoisotopic (exact) mass is 261 g/mol. The smallest absolute Gasteiger partial charge is 0.127 e. The molecule has 3 heteroatoms. The number of hydrogen-bond donors (Lipinski definition) is 1. The zero-order valence-electron chi connectivity index (χ0n) is 10.0. The van der Waals surface area contributed by atoms with Gasteiger partial charge in [0.15, 0.2) is 0 Å². The van der Waals surface area contributed by atoms with Crippen LogP contribution in [0.3, 0.4) is 0 Å². The quantitative estimate of drug-likeness (QED) is 0.900. The molecule has 0 spiro atoms. The number of fused-ring (bicyclic) bond motifs is 1. The summed E-state index contributed by atoms with van der Waals surface area (Å²) < 4.78 is 5.80. The van der Waals surface area contributed by atoms with Crippen LogP contribution in [0.2, 0.25) is 0 Å². The molecule has 94 valence electrons. The highest BCUT2D eigenvalue weighted by Crippen LogP contribution is 2.28. The van der Waals surface area contributed by atoms with E-state index in [9.17, 15) is 0 Å². The van der Waals surface area contributed by atoms with Crippen molar-refractivity contribution >= 4 is 12.4 Å². The zero-order chi connectivity index (χ0) is 11.7. The lowest BCUT2D eigenvalue weighted by molar-refractivity contribution is 0.482. The van der Waals surface area contributed by atoms with Crippen LogP contribution < -0.4 is 10.5 Å². The Morgan fingerprint density at radius 1 is 0.889 bits per heavy atom. The first kappa shape index (κ1) is 12.9. The molecule has 2 nitrogen and oxygen atoms in total. The zero-order valence-corrected chi connectivity index (χ0v) is 10.8. The Morgan fingerprint density at radius 2 is 1.61 bits per heavy atom. The van der Waals surface area contributed by atoms with Gasteiger partial charge in [-0.25, -0.2) is 0 Å². The predicted octanol–water partition coefficient (Wildman–Crippen LogP) is 3.33. The van der Waals surface area contributed by atoms with Crippen molar-refractivity contribution in [1.29, 1.82) is 0 Å². The Balaban J connectivity index is 0.00000120. The van der Waals surface area contributed by atoms with E-state index >= 15 is 0 Å². The third-order valence-electron chi connectivity index (χ3n) is 3.12. The first-order valence-electron chi connectivity index (χ1n) is 5.91. The molecule has 0 amide bonds. The van der Waals surface area contributed by atoms with E-state index in [2.05, 4.69) is 12.1 Å². The average molecular weight is 262 g/mol. The second-order valence-corrected chi connectivity index (χ2v) is 4.51. The fourth-order valence-electron chi connectivity index (χ4n) is 2.32. The molecule has 2 aromatic rings. The summed E-state index contributed by atoms with van der Waals surface area (Å²) in [5.41, 5.74) is 8.63. The highest BCUT2D eigenvalue weighted by Gasteiger charge is 2.18. The molecule has 1 atom stereocenters. The van der Waals surface area contributed by atoms with E-state index in [-0.39, 0.29) is 18.4 Å². The van der Waals surface area contributed by atoms with E-state index in [1.54, 1.807) is 0 Å². The van der Waals surface area contributed by atoms with Crippen LogP contribution in [0.15, 0.2) is 48.5 Å². The molecule has 0 bridgehead atoms. The van der Waals surface area contributed by atoms with Gasteiger partial charge in [0.05, 0.1) is 0 Å². The van der Waals surface area contributed by atoms with Crippen molar-refractivity contribution in [3.05, 3.63) is 59.7 Å². The van der Waals surface area contributed by atoms with Crippen molar-refractivity contribution in [3.8, 4) is 11.5 Å². The van der Waals surface area contributed by atoms with Crippen LogP contribution in [0.5, 0.6) is 11.5 Å². The van der Waals surface area contributed by atoms with Gasteiger partial charge in [0, 0.05) is 6.04 Å². The molecule has 0 aliphatic heterocycles. The van der Waals surface area contributed by atoms with Gasteiger partial charge in [-0.2, -0.15) is 0 Å². The molecule has 1 unspecified atom stereocenters. The summed E-state index contributed by atoms with van der Waals surface area (Å²) >= 11 is 0. The molecule has 2 aromatic carbocycles. The number of halogens is 1. The Hall–Kier alpha value is -1.51. The van der Waals surface area contributed by atoms with Gasteiger partial charge in [-0.15, -0.1) is 12.4 Å². The van der Waals surface area contributed by atoms with Gasteiger partial charge in [0.25, 0.3) is 0 Å². The molecule has 0 heterocycles. The first-order valence-corrected chi connectivity index (χ1v) is 5.91. The normalized spacial score (nSPS) is 16.8. The third kappa shape index (κ3) is 2.66. The number of ether oxygens (including phenoxy) is 1. The van der Waals surface area contributed by atoms with E-state index in [0.717, 1.165) is 24.3 Å². The van der Waals surface area contributed by atoms with Crippen LogP contribution >= 0.6 is 12.4 Å². The van der Waals surface area contributed by atoms with Gasteiger partial charge in [0.2, 0.25) is 0 Å². The van der Waals surface area contributed by atoms with Gasteiger partial charge in [0.1, 0.15) is 11.5 Å². The van der Waals surface area contributed by atoms with Gasteiger partial charge >= 0.3 is 0 Å². The first-order chi connectivity index (χ1) is 8.31. The molecule has 0 aromatic heterocycles. The largest absolute Gasteiger partial charge is 0.457 e. The summed E-state index contributed by atoms with van der Waals surface area (Å²) in [7, 11) is 0. The third-order valence-corrected chi connectivity index (χ3v) is 3.12. The Labute approximate surface area is 113 Å². The molecule has 3 rings (SSSR count). The Kier molecular flexibility index (Phi) is 3.90. The number of para-hydroxylation sites is 1. The lowest BCUT2D eigenvalue weighted by atomic mass is 10.1. The molecule has 0 saturated carbocycles. The van der Waals surface area contributed by atoms with Crippen molar-refractivity contribution in [2.24, 2.45) is 5.73 Å².